The second-order valence-electron chi connectivity index (χ2n) is 4.95. The van der Waals surface area contributed by atoms with Crippen LogP contribution in [-0.4, -0.2) is 34.7 Å². The van der Waals surface area contributed by atoms with Crippen molar-refractivity contribution in [1.82, 2.24) is 20.4 Å². The average Bonchev–Trinajstić information content (AvgIpc) is 3.03. The maximum absolute atomic E-state index is 12.4. The van der Waals surface area contributed by atoms with E-state index in [1.54, 1.807) is 37.4 Å². The molecule has 2 aromatic rings. The molecule has 0 bridgehead atoms. The van der Waals surface area contributed by atoms with E-state index in [-0.39, 0.29) is 18.4 Å². The van der Waals surface area contributed by atoms with Crippen LogP contribution in [0.3, 0.4) is 0 Å². The van der Waals surface area contributed by atoms with Gasteiger partial charge < -0.3 is 14.7 Å². The Labute approximate surface area is 136 Å². The third-order valence-corrected chi connectivity index (χ3v) is 3.07. The minimum Gasteiger partial charge on any atom is -0.334 e. The number of likely N-dealkylation sites (N-methyl/N-ethyl adjacent to an activating group) is 1. The first kappa shape index (κ1) is 17.5. The number of nitrogens with one attached hydrogen (secondary N) is 1. The highest BCUT2D eigenvalue weighted by molar-refractivity contribution is 5.74. The highest BCUT2D eigenvalue weighted by Crippen LogP contribution is 2.29. The number of amides is 2. The molecule has 6 nitrogen and oxygen atoms in total. The summed E-state index contributed by atoms with van der Waals surface area (Å²) in [6.07, 6.45) is -3.07. The Balaban J connectivity index is 1.99. The average molecular weight is 340 g/mol. The Bertz CT molecular complexity index is 710. The van der Waals surface area contributed by atoms with Crippen LogP contribution < -0.4 is 5.32 Å². The van der Waals surface area contributed by atoms with E-state index in [0.29, 0.717) is 12.1 Å². The lowest BCUT2D eigenvalue weighted by molar-refractivity contribution is -0.159. The Morgan fingerprint density at radius 1 is 1.38 bits per heavy atom. The topological polar surface area (TPSA) is 71.3 Å². The molecule has 0 saturated heterocycles. The summed E-state index contributed by atoms with van der Waals surface area (Å²) in [4.78, 5) is 16.5. The maximum atomic E-state index is 12.4. The van der Waals surface area contributed by atoms with Crippen molar-refractivity contribution in [3.05, 3.63) is 48.4 Å². The molecule has 0 radical (unpaired) electrons. The van der Waals surface area contributed by atoms with Crippen molar-refractivity contribution in [1.29, 1.82) is 0 Å². The van der Waals surface area contributed by atoms with Gasteiger partial charge in [-0.25, -0.2) is 4.79 Å². The molecular weight excluding hydrogens is 325 g/mol. The standard InChI is InChI=1S/C15H15F3N4O2/c1-3-8-22(2)14(23)19-9-10-4-6-11(7-5-10)12-20-13(24-21-12)15(16,17)18/h3-7H,1,8-9H2,2H3,(H,19,23). The van der Waals surface area contributed by atoms with Crippen LogP contribution in [-0.2, 0) is 12.7 Å². The van der Waals surface area contributed by atoms with E-state index < -0.39 is 12.1 Å². The predicted molar refractivity (Wildman–Crippen MR) is 79.8 cm³/mol. The van der Waals surface area contributed by atoms with E-state index in [1.807, 2.05) is 0 Å². The molecule has 0 aliphatic heterocycles. The zero-order valence-corrected chi connectivity index (χ0v) is 12.8. The Kier molecular flexibility index (Phi) is 5.22. The van der Waals surface area contributed by atoms with Gasteiger partial charge in [-0.05, 0) is 5.56 Å². The number of aromatic nitrogens is 2. The third kappa shape index (κ3) is 4.34. The van der Waals surface area contributed by atoms with Crippen molar-refractivity contribution in [2.24, 2.45) is 0 Å². The normalized spacial score (nSPS) is 11.2. The number of benzene rings is 1. The summed E-state index contributed by atoms with van der Waals surface area (Å²) in [5, 5.41) is 6.02. The number of rotatable bonds is 5. The van der Waals surface area contributed by atoms with Crippen LogP contribution in [0.5, 0.6) is 0 Å². The van der Waals surface area contributed by atoms with Crippen LogP contribution in [0.2, 0.25) is 0 Å². The molecule has 0 aliphatic carbocycles. The van der Waals surface area contributed by atoms with Crippen LogP contribution in [0.4, 0.5) is 18.0 Å². The number of halogens is 3. The molecule has 2 rings (SSSR count). The summed E-state index contributed by atoms with van der Waals surface area (Å²) >= 11 is 0. The van der Waals surface area contributed by atoms with Crippen LogP contribution in [0.15, 0.2) is 41.4 Å². The number of hydrogen-bond donors (Lipinski definition) is 1. The maximum Gasteiger partial charge on any atom is 0.471 e. The molecule has 0 fully saturated rings. The first-order chi connectivity index (χ1) is 11.3. The minimum absolute atomic E-state index is 0.149. The SMILES string of the molecule is C=CCN(C)C(=O)NCc1ccc(-c2noc(C(F)(F)F)n2)cc1. The zero-order valence-electron chi connectivity index (χ0n) is 12.8. The highest BCUT2D eigenvalue weighted by Gasteiger charge is 2.38. The number of carbonyl (C=O) groups excluding carboxylic acids is 1. The molecule has 24 heavy (non-hydrogen) atoms. The van der Waals surface area contributed by atoms with Crippen molar-refractivity contribution in [3.8, 4) is 11.4 Å². The number of hydrogen-bond acceptors (Lipinski definition) is 4. The van der Waals surface area contributed by atoms with Gasteiger partial charge in [0.25, 0.3) is 0 Å². The van der Waals surface area contributed by atoms with Crippen molar-refractivity contribution in [3.63, 3.8) is 0 Å². The van der Waals surface area contributed by atoms with Gasteiger partial charge in [0.2, 0.25) is 5.82 Å². The van der Waals surface area contributed by atoms with Gasteiger partial charge in [0.1, 0.15) is 0 Å². The van der Waals surface area contributed by atoms with Crippen LogP contribution >= 0.6 is 0 Å². The van der Waals surface area contributed by atoms with Crippen molar-refractivity contribution < 1.29 is 22.5 Å². The van der Waals surface area contributed by atoms with Gasteiger partial charge in [0.05, 0.1) is 0 Å². The summed E-state index contributed by atoms with van der Waals surface area (Å²) in [7, 11) is 1.63. The lowest BCUT2D eigenvalue weighted by atomic mass is 10.1. The number of carbonyl (C=O) groups is 1. The van der Waals surface area contributed by atoms with Crippen LogP contribution in [0, 0.1) is 0 Å². The van der Waals surface area contributed by atoms with E-state index in [2.05, 4.69) is 26.6 Å². The lowest BCUT2D eigenvalue weighted by Gasteiger charge is -2.15. The molecule has 0 saturated carbocycles. The molecule has 9 heteroatoms. The smallest absolute Gasteiger partial charge is 0.334 e. The van der Waals surface area contributed by atoms with E-state index >= 15 is 0 Å². The fraction of sp³-hybridized carbons (Fsp3) is 0.267. The fourth-order valence-corrected chi connectivity index (χ4v) is 1.82. The van der Waals surface area contributed by atoms with Crippen LogP contribution in [0.1, 0.15) is 11.5 Å². The Hall–Kier alpha value is -2.84. The van der Waals surface area contributed by atoms with Gasteiger partial charge in [-0.1, -0.05) is 35.5 Å². The van der Waals surface area contributed by atoms with E-state index in [4.69, 9.17) is 0 Å². The summed E-state index contributed by atoms with van der Waals surface area (Å²) in [6, 6.07) is 6.17. The summed E-state index contributed by atoms with van der Waals surface area (Å²) in [5.74, 6) is -1.54. The summed E-state index contributed by atoms with van der Waals surface area (Å²) < 4.78 is 41.5. The predicted octanol–water partition coefficient (Wildman–Crippen LogP) is 3.08. The lowest BCUT2D eigenvalue weighted by Crippen LogP contribution is -2.36. The molecule has 0 atom stereocenters. The Morgan fingerprint density at radius 2 is 2.04 bits per heavy atom. The molecule has 2 amide bonds. The molecular formula is C15H15F3N4O2. The fourth-order valence-electron chi connectivity index (χ4n) is 1.82. The molecule has 128 valence electrons. The second kappa shape index (κ2) is 7.16. The number of alkyl halides is 3. The summed E-state index contributed by atoms with van der Waals surface area (Å²) in [5.41, 5.74) is 1.16. The van der Waals surface area contributed by atoms with Gasteiger partial charge in [-0.2, -0.15) is 18.2 Å². The summed E-state index contributed by atoms with van der Waals surface area (Å²) in [6.45, 7) is 4.24. The van der Waals surface area contributed by atoms with E-state index in [1.165, 1.54) is 4.90 Å². The molecule has 1 aromatic carbocycles. The number of nitrogens with zero attached hydrogens (tertiary/aromatic N) is 3. The van der Waals surface area contributed by atoms with Crippen molar-refractivity contribution in [2.75, 3.05) is 13.6 Å². The largest absolute Gasteiger partial charge is 0.471 e. The van der Waals surface area contributed by atoms with Crippen LogP contribution in [0.25, 0.3) is 11.4 Å². The molecule has 1 heterocycles. The zero-order chi connectivity index (χ0) is 17.7. The third-order valence-electron chi connectivity index (χ3n) is 3.07. The van der Waals surface area contributed by atoms with E-state index in [9.17, 15) is 18.0 Å². The highest BCUT2D eigenvalue weighted by atomic mass is 19.4. The van der Waals surface area contributed by atoms with Gasteiger partial charge in [0.15, 0.2) is 0 Å². The monoisotopic (exact) mass is 340 g/mol. The van der Waals surface area contributed by atoms with E-state index in [0.717, 1.165) is 5.56 Å². The minimum atomic E-state index is -4.67. The van der Waals surface area contributed by atoms with Crippen molar-refractivity contribution in [2.45, 2.75) is 12.7 Å². The Morgan fingerprint density at radius 3 is 2.58 bits per heavy atom. The quantitative estimate of drug-likeness (QED) is 0.849. The second-order valence-corrected chi connectivity index (χ2v) is 4.95. The first-order valence-corrected chi connectivity index (χ1v) is 6.91. The molecule has 1 aromatic heterocycles. The van der Waals surface area contributed by atoms with Gasteiger partial charge in [0, 0.05) is 25.7 Å². The van der Waals surface area contributed by atoms with Gasteiger partial charge in [-0.15, -0.1) is 6.58 Å². The molecule has 0 spiro atoms. The van der Waals surface area contributed by atoms with Gasteiger partial charge >= 0.3 is 18.1 Å². The molecule has 0 unspecified atom stereocenters. The molecule has 1 N–H and O–H groups in total. The molecule has 0 aliphatic rings. The number of urea groups is 1. The first-order valence-electron chi connectivity index (χ1n) is 6.91. The van der Waals surface area contributed by atoms with Crippen molar-refractivity contribution >= 4 is 6.03 Å². The van der Waals surface area contributed by atoms with Gasteiger partial charge in [-0.3, -0.25) is 0 Å².